The molecule has 1 saturated carbocycles. The minimum Gasteiger partial charge on any atom is -0.339 e. The molecule has 0 aromatic rings. The Morgan fingerprint density at radius 1 is 1.30 bits per heavy atom. The van der Waals surface area contributed by atoms with Gasteiger partial charge in [-0.05, 0) is 35.5 Å². The molecular formula is C17H32N2O. The molecule has 2 rings (SSSR count). The average molecular weight is 280 g/mol. The van der Waals surface area contributed by atoms with Crippen LogP contribution in [0.25, 0.3) is 0 Å². The Balaban J connectivity index is 2.06. The highest BCUT2D eigenvalue weighted by molar-refractivity contribution is 5.77. The SMILES string of the molecule is CC1(C)CC2CC(C)(CN2C(=O)CC(N)C(C)(C)C)C1. The quantitative estimate of drug-likeness (QED) is 0.844. The lowest BCUT2D eigenvalue weighted by Gasteiger charge is -2.39. The van der Waals surface area contributed by atoms with Gasteiger partial charge in [0.25, 0.3) is 0 Å². The van der Waals surface area contributed by atoms with Crippen LogP contribution in [0.15, 0.2) is 0 Å². The fourth-order valence-corrected chi connectivity index (χ4v) is 4.36. The van der Waals surface area contributed by atoms with Gasteiger partial charge in [0, 0.05) is 25.0 Å². The van der Waals surface area contributed by atoms with Gasteiger partial charge < -0.3 is 10.6 Å². The van der Waals surface area contributed by atoms with Crippen LogP contribution in [0.4, 0.5) is 0 Å². The molecule has 2 bridgehead atoms. The third-order valence-corrected chi connectivity index (χ3v) is 5.24. The van der Waals surface area contributed by atoms with Crippen molar-refractivity contribution in [2.24, 2.45) is 22.0 Å². The summed E-state index contributed by atoms with van der Waals surface area (Å²) in [6, 6.07) is 0.375. The van der Waals surface area contributed by atoms with E-state index in [-0.39, 0.29) is 17.4 Å². The normalized spacial score (nSPS) is 34.1. The fourth-order valence-electron chi connectivity index (χ4n) is 4.36. The molecule has 1 aliphatic heterocycles. The molecular weight excluding hydrogens is 248 g/mol. The molecule has 2 fully saturated rings. The van der Waals surface area contributed by atoms with E-state index in [1.54, 1.807) is 0 Å². The first-order valence-electron chi connectivity index (χ1n) is 7.97. The highest BCUT2D eigenvalue weighted by atomic mass is 16.2. The zero-order chi connectivity index (χ0) is 15.3. The van der Waals surface area contributed by atoms with Crippen LogP contribution in [0.1, 0.15) is 67.2 Å². The number of hydrogen-bond acceptors (Lipinski definition) is 2. The number of carbonyl (C=O) groups is 1. The molecule has 0 aromatic carbocycles. The monoisotopic (exact) mass is 280 g/mol. The summed E-state index contributed by atoms with van der Waals surface area (Å²) >= 11 is 0. The van der Waals surface area contributed by atoms with Gasteiger partial charge in [-0.1, -0.05) is 41.5 Å². The number of carbonyl (C=O) groups excluding carboxylic acids is 1. The summed E-state index contributed by atoms with van der Waals surface area (Å²) in [6.45, 7) is 14.3. The van der Waals surface area contributed by atoms with Crippen molar-refractivity contribution in [2.75, 3.05) is 6.54 Å². The van der Waals surface area contributed by atoms with E-state index in [2.05, 4.69) is 46.4 Å². The molecule has 116 valence electrons. The van der Waals surface area contributed by atoms with Crippen molar-refractivity contribution in [1.29, 1.82) is 0 Å². The second kappa shape index (κ2) is 4.72. The van der Waals surface area contributed by atoms with Crippen LogP contribution >= 0.6 is 0 Å². The molecule has 3 heteroatoms. The number of fused-ring (bicyclic) bond motifs is 2. The summed E-state index contributed by atoms with van der Waals surface area (Å²) in [5, 5.41) is 0. The van der Waals surface area contributed by atoms with Gasteiger partial charge >= 0.3 is 0 Å². The maximum Gasteiger partial charge on any atom is 0.224 e. The van der Waals surface area contributed by atoms with Crippen LogP contribution in [-0.4, -0.2) is 29.4 Å². The van der Waals surface area contributed by atoms with Crippen molar-refractivity contribution in [3.63, 3.8) is 0 Å². The van der Waals surface area contributed by atoms with E-state index in [1.165, 1.54) is 12.8 Å². The lowest BCUT2D eigenvalue weighted by Crippen LogP contribution is -2.43. The summed E-state index contributed by atoms with van der Waals surface area (Å²) in [6.07, 6.45) is 4.02. The molecule has 0 aromatic heterocycles. The fraction of sp³-hybridized carbons (Fsp3) is 0.941. The van der Waals surface area contributed by atoms with Crippen LogP contribution < -0.4 is 5.73 Å². The van der Waals surface area contributed by atoms with E-state index >= 15 is 0 Å². The van der Waals surface area contributed by atoms with Crippen molar-refractivity contribution >= 4 is 5.91 Å². The molecule has 2 N–H and O–H groups in total. The third-order valence-electron chi connectivity index (χ3n) is 5.24. The summed E-state index contributed by atoms with van der Waals surface area (Å²) in [5.41, 5.74) is 6.86. The Morgan fingerprint density at radius 3 is 2.45 bits per heavy atom. The van der Waals surface area contributed by atoms with Gasteiger partial charge in [-0.15, -0.1) is 0 Å². The highest BCUT2D eigenvalue weighted by Crippen LogP contribution is 2.52. The lowest BCUT2D eigenvalue weighted by molar-refractivity contribution is -0.133. The van der Waals surface area contributed by atoms with Crippen LogP contribution in [0.2, 0.25) is 0 Å². The predicted octanol–water partition coefficient (Wildman–Crippen LogP) is 3.18. The second-order valence-corrected chi connectivity index (χ2v) is 9.41. The Kier molecular flexibility index (Phi) is 3.73. The summed E-state index contributed by atoms with van der Waals surface area (Å²) in [4.78, 5) is 14.8. The van der Waals surface area contributed by atoms with Crippen molar-refractivity contribution in [2.45, 2.75) is 79.3 Å². The summed E-state index contributed by atoms with van der Waals surface area (Å²) < 4.78 is 0. The van der Waals surface area contributed by atoms with Gasteiger partial charge in [0.1, 0.15) is 0 Å². The number of amides is 1. The maximum atomic E-state index is 12.6. The Hall–Kier alpha value is -0.570. The van der Waals surface area contributed by atoms with E-state index in [1.807, 2.05) is 0 Å². The van der Waals surface area contributed by atoms with Crippen LogP contribution in [0.3, 0.4) is 0 Å². The van der Waals surface area contributed by atoms with Crippen molar-refractivity contribution < 1.29 is 4.79 Å². The molecule has 1 saturated heterocycles. The van der Waals surface area contributed by atoms with Crippen molar-refractivity contribution in [3.05, 3.63) is 0 Å². The molecule has 3 nitrogen and oxygen atoms in total. The van der Waals surface area contributed by atoms with E-state index in [0.717, 1.165) is 13.0 Å². The van der Waals surface area contributed by atoms with Crippen molar-refractivity contribution in [1.82, 2.24) is 4.90 Å². The zero-order valence-electron chi connectivity index (χ0n) is 14.1. The van der Waals surface area contributed by atoms with Gasteiger partial charge in [0.05, 0.1) is 0 Å². The smallest absolute Gasteiger partial charge is 0.224 e. The van der Waals surface area contributed by atoms with E-state index in [9.17, 15) is 4.79 Å². The molecule has 0 spiro atoms. The largest absolute Gasteiger partial charge is 0.339 e. The Morgan fingerprint density at radius 2 is 1.90 bits per heavy atom. The van der Waals surface area contributed by atoms with Crippen LogP contribution in [0.5, 0.6) is 0 Å². The highest BCUT2D eigenvalue weighted by Gasteiger charge is 2.51. The number of nitrogens with zero attached hydrogens (tertiary/aromatic N) is 1. The van der Waals surface area contributed by atoms with E-state index in [4.69, 9.17) is 5.73 Å². The number of nitrogens with two attached hydrogens (primary N) is 1. The standard InChI is InChI=1S/C17H32N2O/c1-15(2,3)13(18)7-14(20)19-11-17(6)9-12(19)8-16(4,5)10-17/h12-13H,7-11,18H2,1-6H3. The zero-order valence-corrected chi connectivity index (χ0v) is 14.1. The molecule has 20 heavy (non-hydrogen) atoms. The topological polar surface area (TPSA) is 46.3 Å². The predicted molar refractivity (Wildman–Crippen MR) is 83.3 cm³/mol. The number of hydrogen-bond donors (Lipinski definition) is 1. The Labute approximate surface area is 124 Å². The first-order chi connectivity index (χ1) is 8.92. The van der Waals surface area contributed by atoms with Crippen LogP contribution in [0, 0.1) is 16.2 Å². The van der Waals surface area contributed by atoms with Gasteiger partial charge in [0.2, 0.25) is 5.91 Å². The van der Waals surface area contributed by atoms with Gasteiger partial charge in [-0.25, -0.2) is 0 Å². The molecule has 1 aliphatic carbocycles. The summed E-state index contributed by atoms with van der Waals surface area (Å²) in [5.74, 6) is 0.263. The van der Waals surface area contributed by atoms with E-state index in [0.29, 0.717) is 23.3 Å². The molecule has 1 heterocycles. The number of rotatable bonds is 2. The van der Waals surface area contributed by atoms with E-state index < -0.39 is 0 Å². The molecule has 1 amide bonds. The minimum absolute atomic E-state index is 0.00632. The number of likely N-dealkylation sites (tertiary alicyclic amines) is 1. The van der Waals surface area contributed by atoms with Crippen LogP contribution in [-0.2, 0) is 4.79 Å². The first kappa shape index (κ1) is 15.8. The minimum atomic E-state index is -0.0590. The summed E-state index contributed by atoms with van der Waals surface area (Å²) in [7, 11) is 0. The maximum absolute atomic E-state index is 12.6. The first-order valence-corrected chi connectivity index (χ1v) is 7.97. The van der Waals surface area contributed by atoms with Gasteiger partial charge in [0.15, 0.2) is 0 Å². The van der Waals surface area contributed by atoms with Gasteiger partial charge in [-0.2, -0.15) is 0 Å². The molecule has 0 radical (unpaired) electrons. The van der Waals surface area contributed by atoms with Crippen molar-refractivity contribution in [3.8, 4) is 0 Å². The average Bonchev–Trinajstić information content (AvgIpc) is 2.46. The Bertz CT molecular complexity index is 396. The lowest BCUT2D eigenvalue weighted by atomic mass is 9.65. The molecule has 3 atom stereocenters. The second-order valence-electron chi connectivity index (χ2n) is 9.41. The third kappa shape index (κ3) is 3.19. The van der Waals surface area contributed by atoms with Gasteiger partial charge in [-0.3, -0.25) is 4.79 Å². The molecule has 3 unspecified atom stereocenters. The molecule has 2 aliphatic rings.